The van der Waals surface area contributed by atoms with E-state index in [0.29, 0.717) is 6.42 Å². The molecule has 0 aliphatic heterocycles. The molecule has 0 heterocycles. The average Bonchev–Trinajstić information content (AvgIpc) is 2.59. The van der Waals surface area contributed by atoms with Gasteiger partial charge in [0.15, 0.2) is 0 Å². The van der Waals surface area contributed by atoms with Gasteiger partial charge >= 0.3 is 10.4 Å². The van der Waals surface area contributed by atoms with Crippen molar-refractivity contribution >= 4 is 16.2 Å². The Labute approximate surface area is 155 Å². The average molecular weight is 379 g/mol. The molecule has 0 bridgehead atoms. The summed E-state index contributed by atoms with van der Waals surface area (Å²) in [5.74, 6) is 0.0503. The van der Waals surface area contributed by atoms with Gasteiger partial charge in [0.05, 0.1) is 13.7 Å². The SMILES string of the molecule is CCCCCCCCCCCCCCCC(=O)CCOS(=O)(=O)OC. The molecule has 0 atom stereocenters. The Morgan fingerprint density at radius 1 is 0.720 bits per heavy atom. The van der Waals surface area contributed by atoms with Gasteiger partial charge in [-0.15, -0.1) is 0 Å². The Bertz CT molecular complexity index is 406. The Morgan fingerprint density at radius 3 is 1.60 bits per heavy atom. The lowest BCUT2D eigenvalue weighted by Crippen LogP contribution is -2.11. The van der Waals surface area contributed by atoms with Crippen LogP contribution in [-0.2, 0) is 23.6 Å². The molecule has 0 spiro atoms. The number of unbranched alkanes of at least 4 members (excludes halogenated alkanes) is 12. The Hall–Kier alpha value is -0.460. The van der Waals surface area contributed by atoms with Crippen molar-refractivity contribution in [3.05, 3.63) is 0 Å². The van der Waals surface area contributed by atoms with Crippen LogP contribution >= 0.6 is 0 Å². The van der Waals surface area contributed by atoms with Crippen molar-refractivity contribution in [3.8, 4) is 0 Å². The standard InChI is InChI=1S/C19H38O5S/c1-3-4-5-6-7-8-9-10-11-12-13-14-15-16-19(20)17-18-24-25(21,22)23-2/h3-18H2,1-2H3. The van der Waals surface area contributed by atoms with Crippen molar-refractivity contribution in [3.63, 3.8) is 0 Å². The zero-order valence-corrected chi connectivity index (χ0v) is 17.1. The summed E-state index contributed by atoms with van der Waals surface area (Å²) in [5.41, 5.74) is 0. The van der Waals surface area contributed by atoms with E-state index in [1.165, 1.54) is 70.6 Å². The van der Waals surface area contributed by atoms with Crippen molar-refractivity contribution in [1.29, 1.82) is 0 Å². The van der Waals surface area contributed by atoms with Crippen LogP contribution in [0, 0.1) is 0 Å². The number of ketones is 1. The van der Waals surface area contributed by atoms with Crippen molar-refractivity contribution in [2.24, 2.45) is 0 Å². The zero-order chi connectivity index (χ0) is 18.8. The topological polar surface area (TPSA) is 69.7 Å². The third-order valence-electron chi connectivity index (χ3n) is 4.37. The highest BCUT2D eigenvalue weighted by Crippen LogP contribution is 2.13. The highest BCUT2D eigenvalue weighted by molar-refractivity contribution is 7.81. The fraction of sp³-hybridized carbons (Fsp3) is 0.947. The van der Waals surface area contributed by atoms with E-state index in [4.69, 9.17) is 0 Å². The van der Waals surface area contributed by atoms with Gasteiger partial charge in [-0.1, -0.05) is 84.0 Å². The minimum atomic E-state index is -3.92. The molecule has 0 N–H and O–H groups in total. The van der Waals surface area contributed by atoms with Crippen LogP contribution in [0.3, 0.4) is 0 Å². The van der Waals surface area contributed by atoms with E-state index in [0.717, 1.165) is 20.0 Å². The Kier molecular flexibility index (Phi) is 16.7. The molecule has 0 rings (SSSR count). The van der Waals surface area contributed by atoms with E-state index in [-0.39, 0.29) is 18.8 Å². The van der Waals surface area contributed by atoms with E-state index in [9.17, 15) is 13.2 Å². The molecule has 0 aromatic carbocycles. The van der Waals surface area contributed by atoms with Crippen molar-refractivity contribution < 1.29 is 21.6 Å². The first-order valence-corrected chi connectivity index (χ1v) is 11.3. The largest absolute Gasteiger partial charge is 0.399 e. The van der Waals surface area contributed by atoms with Crippen LogP contribution in [0.25, 0.3) is 0 Å². The predicted molar refractivity (Wildman–Crippen MR) is 102 cm³/mol. The first-order valence-electron chi connectivity index (χ1n) is 9.98. The van der Waals surface area contributed by atoms with Crippen LogP contribution in [0.5, 0.6) is 0 Å². The molecule has 25 heavy (non-hydrogen) atoms. The quantitative estimate of drug-likeness (QED) is 0.284. The van der Waals surface area contributed by atoms with Gasteiger partial charge < -0.3 is 0 Å². The van der Waals surface area contributed by atoms with Crippen molar-refractivity contribution in [2.45, 2.75) is 103 Å². The van der Waals surface area contributed by atoms with E-state index in [2.05, 4.69) is 15.3 Å². The van der Waals surface area contributed by atoms with Crippen LogP contribution in [0.4, 0.5) is 0 Å². The molecule has 0 aromatic heterocycles. The third kappa shape index (κ3) is 18.1. The lowest BCUT2D eigenvalue weighted by Gasteiger charge is -2.04. The molecule has 0 radical (unpaired) electrons. The smallest absolute Gasteiger partial charge is 0.300 e. The normalized spacial score (nSPS) is 11.8. The van der Waals surface area contributed by atoms with Gasteiger partial charge in [-0.05, 0) is 6.42 Å². The predicted octanol–water partition coefficient (Wildman–Crippen LogP) is 5.33. The van der Waals surface area contributed by atoms with Gasteiger partial charge in [0.25, 0.3) is 0 Å². The molecule has 0 saturated carbocycles. The molecular weight excluding hydrogens is 340 g/mol. The molecule has 0 saturated heterocycles. The molecule has 0 aliphatic rings. The third-order valence-corrected chi connectivity index (χ3v) is 5.24. The number of carbonyl (C=O) groups excluding carboxylic acids is 1. The first kappa shape index (κ1) is 24.5. The number of hydrogen-bond donors (Lipinski definition) is 0. The lowest BCUT2D eigenvalue weighted by molar-refractivity contribution is -0.119. The number of carbonyl (C=O) groups is 1. The Morgan fingerprint density at radius 2 is 1.16 bits per heavy atom. The number of hydrogen-bond acceptors (Lipinski definition) is 5. The molecule has 6 heteroatoms. The molecule has 150 valence electrons. The summed E-state index contributed by atoms with van der Waals surface area (Å²) in [6, 6.07) is 0. The Balaban J connectivity index is 3.26. The highest BCUT2D eigenvalue weighted by atomic mass is 32.3. The summed E-state index contributed by atoms with van der Waals surface area (Å²) < 4.78 is 30.5. The molecule has 0 aromatic rings. The molecule has 0 unspecified atom stereocenters. The van der Waals surface area contributed by atoms with E-state index in [1.54, 1.807) is 0 Å². The minimum absolute atomic E-state index is 0.0503. The number of rotatable bonds is 19. The monoisotopic (exact) mass is 378 g/mol. The van der Waals surface area contributed by atoms with Crippen LogP contribution in [0.1, 0.15) is 103 Å². The summed E-state index contributed by atoms with van der Waals surface area (Å²) >= 11 is 0. The van der Waals surface area contributed by atoms with Crippen molar-refractivity contribution in [2.75, 3.05) is 13.7 Å². The summed E-state index contributed by atoms with van der Waals surface area (Å²) in [6.07, 6.45) is 17.2. The van der Waals surface area contributed by atoms with Crippen LogP contribution in [0.2, 0.25) is 0 Å². The molecule has 5 nitrogen and oxygen atoms in total. The first-order chi connectivity index (χ1) is 12.0. The van der Waals surface area contributed by atoms with Gasteiger partial charge in [-0.25, -0.2) is 4.18 Å². The summed E-state index contributed by atoms with van der Waals surface area (Å²) in [4.78, 5) is 11.6. The van der Waals surface area contributed by atoms with Gasteiger partial charge in [0.1, 0.15) is 5.78 Å². The van der Waals surface area contributed by atoms with E-state index >= 15 is 0 Å². The molecule has 0 aliphatic carbocycles. The fourth-order valence-electron chi connectivity index (χ4n) is 2.77. The zero-order valence-electron chi connectivity index (χ0n) is 16.3. The maximum Gasteiger partial charge on any atom is 0.399 e. The summed E-state index contributed by atoms with van der Waals surface area (Å²) in [6.45, 7) is 2.12. The van der Waals surface area contributed by atoms with Gasteiger partial charge in [-0.3, -0.25) is 8.98 Å². The summed E-state index contributed by atoms with van der Waals surface area (Å²) in [7, 11) is -2.88. The van der Waals surface area contributed by atoms with E-state index < -0.39 is 10.4 Å². The van der Waals surface area contributed by atoms with Crippen LogP contribution < -0.4 is 0 Å². The molecule has 0 fully saturated rings. The maximum atomic E-state index is 11.6. The second kappa shape index (κ2) is 17.0. The second-order valence-corrected chi connectivity index (χ2v) is 8.06. The fourth-order valence-corrected chi connectivity index (χ4v) is 3.15. The molecule has 0 amide bonds. The maximum absolute atomic E-state index is 11.6. The lowest BCUT2D eigenvalue weighted by atomic mass is 10.0. The van der Waals surface area contributed by atoms with Gasteiger partial charge in [0.2, 0.25) is 0 Å². The van der Waals surface area contributed by atoms with Gasteiger partial charge in [-0.2, -0.15) is 8.42 Å². The minimum Gasteiger partial charge on any atom is -0.300 e. The summed E-state index contributed by atoms with van der Waals surface area (Å²) in [5, 5.41) is 0. The highest BCUT2D eigenvalue weighted by Gasteiger charge is 2.10. The number of Topliss-reactive ketones (excluding diaryl/α,β-unsaturated/α-hetero) is 1. The van der Waals surface area contributed by atoms with Crippen molar-refractivity contribution in [1.82, 2.24) is 0 Å². The van der Waals surface area contributed by atoms with E-state index in [1.807, 2.05) is 0 Å². The van der Waals surface area contributed by atoms with Crippen LogP contribution in [0.15, 0.2) is 0 Å². The van der Waals surface area contributed by atoms with Crippen LogP contribution in [-0.4, -0.2) is 27.9 Å². The second-order valence-electron chi connectivity index (χ2n) is 6.68. The van der Waals surface area contributed by atoms with Gasteiger partial charge in [0, 0.05) is 12.8 Å². The molecular formula is C19H38O5S.